The molecule has 5 rings (SSSR count). The van der Waals surface area contributed by atoms with Gasteiger partial charge in [0, 0.05) is 37.0 Å². The molecule has 1 aromatic heterocycles. The predicted molar refractivity (Wildman–Crippen MR) is 118 cm³/mol. The first-order valence-electron chi connectivity index (χ1n) is 8.70. The number of aromatic amines is 1. The molecule has 0 bridgehead atoms. The molecular formula is C23H13Cl2NOS. The molecule has 1 aliphatic rings. The van der Waals surface area contributed by atoms with Crippen molar-refractivity contribution in [1.82, 2.24) is 4.98 Å². The monoisotopic (exact) mass is 421 g/mol. The SMILES string of the molecule is O=C1/C(=C/c2c(-c3ccc(Cl)cc3)[nH]c3ccccc23)Sc2ccc(Cl)cc21. The van der Waals surface area contributed by atoms with E-state index < -0.39 is 0 Å². The minimum Gasteiger partial charge on any atom is -0.354 e. The van der Waals surface area contributed by atoms with Crippen LogP contribution in [0.1, 0.15) is 15.9 Å². The van der Waals surface area contributed by atoms with Crippen molar-refractivity contribution in [3.63, 3.8) is 0 Å². The molecule has 2 nitrogen and oxygen atoms in total. The number of nitrogens with one attached hydrogen (secondary N) is 1. The minimum absolute atomic E-state index is 0.00911. The van der Waals surface area contributed by atoms with Gasteiger partial charge in [-0.3, -0.25) is 4.79 Å². The smallest absolute Gasteiger partial charge is 0.200 e. The molecule has 2 heterocycles. The summed E-state index contributed by atoms with van der Waals surface area (Å²) in [6.07, 6.45) is 1.98. The van der Waals surface area contributed by atoms with Crippen LogP contribution in [0.25, 0.3) is 28.2 Å². The summed E-state index contributed by atoms with van der Waals surface area (Å²) in [5.74, 6) is 0.00911. The van der Waals surface area contributed by atoms with Crippen LogP contribution >= 0.6 is 35.0 Å². The first kappa shape index (κ1) is 17.6. The summed E-state index contributed by atoms with van der Waals surface area (Å²) in [5, 5.41) is 2.33. The number of fused-ring (bicyclic) bond motifs is 2. The van der Waals surface area contributed by atoms with E-state index in [1.54, 1.807) is 6.07 Å². The molecule has 0 fully saturated rings. The van der Waals surface area contributed by atoms with E-state index in [4.69, 9.17) is 23.2 Å². The molecule has 3 aromatic carbocycles. The van der Waals surface area contributed by atoms with Crippen LogP contribution in [0, 0.1) is 0 Å². The summed E-state index contributed by atoms with van der Waals surface area (Å²) in [6.45, 7) is 0. The zero-order chi connectivity index (χ0) is 19.3. The standard InChI is InChI=1S/C23H13Cl2NOS/c24-14-7-5-13(6-8-14)22-17(16-3-1-2-4-19(16)26-22)12-21-23(27)18-11-15(25)9-10-20(18)28-21/h1-12,26H/b21-12-. The molecule has 0 spiro atoms. The second-order valence-corrected chi connectivity index (χ2v) is 8.50. The van der Waals surface area contributed by atoms with Gasteiger partial charge in [-0.25, -0.2) is 0 Å². The molecule has 136 valence electrons. The number of thioether (sulfide) groups is 1. The van der Waals surface area contributed by atoms with Crippen molar-refractivity contribution in [3.8, 4) is 11.3 Å². The lowest BCUT2D eigenvalue weighted by atomic mass is 10.0. The van der Waals surface area contributed by atoms with Gasteiger partial charge in [0.15, 0.2) is 0 Å². The maximum absolute atomic E-state index is 12.9. The van der Waals surface area contributed by atoms with Gasteiger partial charge in [0.1, 0.15) is 0 Å². The third-order valence-corrected chi connectivity index (χ3v) is 6.37. The minimum atomic E-state index is 0.00911. The average Bonchev–Trinajstić information content (AvgIpc) is 3.21. The number of para-hydroxylation sites is 1. The van der Waals surface area contributed by atoms with Crippen LogP contribution in [0.2, 0.25) is 10.0 Å². The number of allylic oxidation sites excluding steroid dienone is 1. The second kappa shape index (κ2) is 6.85. The number of Topliss-reactive ketones (excluding diaryl/α,β-unsaturated/α-hetero) is 1. The maximum atomic E-state index is 12.9. The molecule has 0 saturated carbocycles. The van der Waals surface area contributed by atoms with Crippen LogP contribution in [-0.2, 0) is 0 Å². The van der Waals surface area contributed by atoms with Gasteiger partial charge in [-0.05, 0) is 48.0 Å². The van der Waals surface area contributed by atoms with E-state index in [1.165, 1.54) is 11.8 Å². The summed E-state index contributed by atoms with van der Waals surface area (Å²) in [5.41, 5.74) is 4.66. The number of benzene rings is 3. The Morgan fingerprint density at radius 2 is 1.64 bits per heavy atom. The summed E-state index contributed by atoms with van der Waals surface area (Å²) in [6, 6.07) is 21.2. The first-order chi connectivity index (χ1) is 13.6. The number of halogens is 2. The summed E-state index contributed by atoms with van der Waals surface area (Å²) in [4.78, 5) is 18.0. The molecular weight excluding hydrogens is 409 g/mol. The summed E-state index contributed by atoms with van der Waals surface area (Å²) in [7, 11) is 0. The molecule has 0 unspecified atom stereocenters. The lowest BCUT2D eigenvalue weighted by Gasteiger charge is -2.03. The van der Waals surface area contributed by atoms with Crippen molar-refractivity contribution < 1.29 is 4.79 Å². The van der Waals surface area contributed by atoms with Gasteiger partial charge in [-0.15, -0.1) is 0 Å². The van der Waals surface area contributed by atoms with Crippen molar-refractivity contribution in [1.29, 1.82) is 0 Å². The fourth-order valence-electron chi connectivity index (χ4n) is 3.45. The van der Waals surface area contributed by atoms with Crippen molar-refractivity contribution in [3.05, 3.63) is 92.8 Å². The Kier molecular flexibility index (Phi) is 4.31. The van der Waals surface area contributed by atoms with Crippen molar-refractivity contribution in [2.75, 3.05) is 0 Å². The van der Waals surface area contributed by atoms with E-state index in [1.807, 2.05) is 60.7 Å². The van der Waals surface area contributed by atoms with Crippen molar-refractivity contribution in [2.24, 2.45) is 0 Å². The Morgan fingerprint density at radius 1 is 0.893 bits per heavy atom. The Labute approximate surface area is 176 Å². The predicted octanol–water partition coefficient (Wildman–Crippen LogP) is 7.47. The molecule has 0 amide bonds. The van der Waals surface area contributed by atoms with E-state index in [9.17, 15) is 4.79 Å². The highest BCUT2D eigenvalue weighted by molar-refractivity contribution is 8.04. The number of carbonyl (C=O) groups excluding carboxylic acids is 1. The normalized spacial score (nSPS) is 14.8. The van der Waals surface area contributed by atoms with Gasteiger partial charge >= 0.3 is 0 Å². The Balaban J connectivity index is 1.69. The van der Waals surface area contributed by atoms with Gasteiger partial charge in [-0.2, -0.15) is 0 Å². The number of ketones is 1. The number of rotatable bonds is 2. The van der Waals surface area contributed by atoms with E-state index in [2.05, 4.69) is 11.1 Å². The maximum Gasteiger partial charge on any atom is 0.200 e. The molecule has 1 N–H and O–H groups in total. The van der Waals surface area contributed by atoms with Crippen LogP contribution in [0.4, 0.5) is 0 Å². The third-order valence-electron chi connectivity index (χ3n) is 4.78. The highest BCUT2D eigenvalue weighted by atomic mass is 35.5. The number of H-pyrrole nitrogens is 1. The van der Waals surface area contributed by atoms with Gasteiger partial charge in [0.05, 0.1) is 10.6 Å². The van der Waals surface area contributed by atoms with Crippen LogP contribution in [0.5, 0.6) is 0 Å². The fraction of sp³-hybridized carbons (Fsp3) is 0. The largest absolute Gasteiger partial charge is 0.354 e. The van der Waals surface area contributed by atoms with Crippen molar-refractivity contribution in [2.45, 2.75) is 4.90 Å². The van der Waals surface area contributed by atoms with E-state index in [-0.39, 0.29) is 5.78 Å². The molecule has 28 heavy (non-hydrogen) atoms. The molecule has 5 heteroatoms. The summed E-state index contributed by atoms with van der Waals surface area (Å²) < 4.78 is 0. The molecule has 0 aliphatic carbocycles. The lowest BCUT2D eigenvalue weighted by Crippen LogP contribution is -1.94. The Morgan fingerprint density at radius 3 is 2.46 bits per heavy atom. The molecule has 0 saturated heterocycles. The van der Waals surface area contributed by atoms with Gasteiger partial charge in [0.25, 0.3) is 0 Å². The zero-order valence-electron chi connectivity index (χ0n) is 14.5. The topological polar surface area (TPSA) is 32.9 Å². The molecule has 1 aliphatic heterocycles. The zero-order valence-corrected chi connectivity index (χ0v) is 16.8. The molecule has 4 aromatic rings. The highest BCUT2D eigenvalue weighted by Crippen LogP contribution is 2.43. The quantitative estimate of drug-likeness (QED) is 0.340. The third kappa shape index (κ3) is 2.96. The van der Waals surface area contributed by atoms with Gasteiger partial charge < -0.3 is 4.98 Å². The van der Waals surface area contributed by atoms with E-state index in [0.29, 0.717) is 20.5 Å². The van der Waals surface area contributed by atoms with Crippen LogP contribution in [0.3, 0.4) is 0 Å². The van der Waals surface area contributed by atoms with E-state index in [0.717, 1.165) is 32.6 Å². The lowest BCUT2D eigenvalue weighted by molar-refractivity contribution is 0.104. The van der Waals surface area contributed by atoms with E-state index >= 15 is 0 Å². The Hall–Kier alpha value is -2.46. The van der Waals surface area contributed by atoms with Crippen LogP contribution in [0.15, 0.2) is 76.5 Å². The summed E-state index contributed by atoms with van der Waals surface area (Å²) >= 11 is 13.6. The van der Waals surface area contributed by atoms with Crippen LogP contribution in [-0.4, -0.2) is 10.8 Å². The van der Waals surface area contributed by atoms with Crippen molar-refractivity contribution >= 4 is 57.7 Å². The first-order valence-corrected chi connectivity index (χ1v) is 10.3. The number of hydrogen-bond acceptors (Lipinski definition) is 2. The second-order valence-electron chi connectivity index (χ2n) is 6.55. The highest BCUT2D eigenvalue weighted by Gasteiger charge is 2.27. The molecule has 0 radical (unpaired) electrons. The van der Waals surface area contributed by atoms with Gasteiger partial charge in [-0.1, -0.05) is 65.3 Å². The molecule has 0 atom stereocenters. The van der Waals surface area contributed by atoms with Gasteiger partial charge in [0.2, 0.25) is 5.78 Å². The van der Waals surface area contributed by atoms with Crippen LogP contribution < -0.4 is 0 Å². The average molecular weight is 422 g/mol. The number of hydrogen-bond donors (Lipinski definition) is 1. The number of aromatic nitrogens is 1. The Bertz CT molecular complexity index is 1270. The fourth-order valence-corrected chi connectivity index (χ4v) is 4.76. The number of carbonyl (C=O) groups is 1.